The maximum Gasteiger partial charge on any atom is 0.321 e. The zero-order valence-corrected chi connectivity index (χ0v) is 16.7. The number of carbonyl (C=O) groups excluding carboxylic acids is 1. The van der Waals surface area contributed by atoms with Gasteiger partial charge < -0.3 is 20.0 Å². The number of piperazine rings is 1. The lowest BCUT2D eigenvalue weighted by molar-refractivity contribution is 0.208. The van der Waals surface area contributed by atoms with Gasteiger partial charge in [0, 0.05) is 56.3 Å². The number of hydrogen-bond acceptors (Lipinski definition) is 3. The van der Waals surface area contributed by atoms with Crippen molar-refractivity contribution < 1.29 is 4.79 Å². The van der Waals surface area contributed by atoms with Crippen LogP contribution in [0.3, 0.4) is 0 Å². The van der Waals surface area contributed by atoms with Gasteiger partial charge in [0.2, 0.25) is 0 Å². The van der Waals surface area contributed by atoms with E-state index >= 15 is 0 Å². The first-order valence-electron chi connectivity index (χ1n) is 10.4. The van der Waals surface area contributed by atoms with Crippen molar-refractivity contribution in [2.45, 2.75) is 19.8 Å². The van der Waals surface area contributed by atoms with Gasteiger partial charge in [0.1, 0.15) is 0 Å². The van der Waals surface area contributed by atoms with Crippen molar-refractivity contribution in [1.29, 1.82) is 0 Å². The van der Waals surface area contributed by atoms with Crippen LogP contribution in [0.2, 0.25) is 0 Å². The van der Waals surface area contributed by atoms with E-state index in [0.29, 0.717) is 0 Å². The summed E-state index contributed by atoms with van der Waals surface area (Å²) in [7, 11) is 0. The zero-order valence-electron chi connectivity index (χ0n) is 16.7. The second-order valence-electron chi connectivity index (χ2n) is 7.96. The Morgan fingerprint density at radius 3 is 2.00 bits per heavy atom. The van der Waals surface area contributed by atoms with Crippen molar-refractivity contribution >= 4 is 23.1 Å². The molecular weight excluding hydrogens is 348 g/mol. The van der Waals surface area contributed by atoms with E-state index in [0.717, 1.165) is 50.9 Å². The number of urea groups is 1. The number of amides is 2. The molecule has 0 spiro atoms. The number of carbonyl (C=O) groups is 1. The fraction of sp³-hybridized carbons (Fsp3) is 0.435. The summed E-state index contributed by atoms with van der Waals surface area (Å²) in [6.45, 7) is 7.79. The Kier molecular flexibility index (Phi) is 5.70. The van der Waals surface area contributed by atoms with Gasteiger partial charge in [-0.3, -0.25) is 0 Å². The normalized spacial score (nSPS) is 18.2. The minimum Gasteiger partial charge on any atom is -0.372 e. The molecule has 148 valence electrons. The third kappa shape index (κ3) is 4.41. The average Bonchev–Trinajstić information content (AvgIpc) is 2.76. The Morgan fingerprint density at radius 2 is 1.36 bits per heavy atom. The molecule has 2 heterocycles. The first-order valence-corrected chi connectivity index (χ1v) is 10.4. The molecule has 0 radical (unpaired) electrons. The second kappa shape index (κ2) is 8.55. The van der Waals surface area contributed by atoms with Crippen LogP contribution in [0.15, 0.2) is 54.6 Å². The first-order chi connectivity index (χ1) is 13.7. The van der Waals surface area contributed by atoms with Crippen molar-refractivity contribution in [3.63, 3.8) is 0 Å². The molecule has 0 bridgehead atoms. The summed E-state index contributed by atoms with van der Waals surface area (Å²) in [5.74, 6) is 0.831. The number of piperidine rings is 1. The van der Waals surface area contributed by atoms with E-state index < -0.39 is 0 Å². The van der Waals surface area contributed by atoms with Gasteiger partial charge in [-0.2, -0.15) is 0 Å². The number of para-hydroxylation sites is 1. The summed E-state index contributed by atoms with van der Waals surface area (Å²) in [6.07, 6.45) is 2.51. The molecule has 0 atom stereocenters. The molecule has 0 aromatic heterocycles. The highest BCUT2D eigenvalue weighted by atomic mass is 16.2. The van der Waals surface area contributed by atoms with Gasteiger partial charge in [0.25, 0.3) is 0 Å². The summed E-state index contributed by atoms with van der Waals surface area (Å²) in [6, 6.07) is 18.7. The van der Waals surface area contributed by atoms with E-state index in [4.69, 9.17) is 0 Å². The highest BCUT2D eigenvalue weighted by Crippen LogP contribution is 2.24. The van der Waals surface area contributed by atoms with Crippen LogP contribution < -0.4 is 15.1 Å². The Morgan fingerprint density at radius 1 is 0.786 bits per heavy atom. The van der Waals surface area contributed by atoms with Crippen LogP contribution in [0.5, 0.6) is 0 Å². The van der Waals surface area contributed by atoms with Gasteiger partial charge >= 0.3 is 6.03 Å². The summed E-state index contributed by atoms with van der Waals surface area (Å²) < 4.78 is 0. The summed E-state index contributed by atoms with van der Waals surface area (Å²) >= 11 is 0. The van der Waals surface area contributed by atoms with Crippen molar-refractivity contribution in [3.8, 4) is 0 Å². The molecule has 2 aromatic rings. The van der Waals surface area contributed by atoms with E-state index in [9.17, 15) is 4.79 Å². The minimum absolute atomic E-state index is 0.00717. The van der Waals surface area contributed by atoms with E-state index in [1.165, 1.54) is 24.2 Å². The molecule has 28 heavy (non-hydrogen) atoms. The first kappa shape index (κ1) is 18.7. The van der Waals surface area contributed by atoms with Crippen LogP contribution >= 0.6 is 0 Å². The molecule has 5 nitrogen and oxygen atoms in total. The molecule has 2 saturated heterocycles. The van der Waals surface area contributed by atoms with Gasteiger partial charge in [-0.05, 0) is 55.2 Å². The zero-order chi connectivity index (χ0) is 19.3. The summed E-state index contributed by atoms with van der Waals surface area (Å²) in [5, 5.41) is 3.05. The minimum atomic E-state index is -0.00717. The predicted molar refractivity (Wildman–Crippen MR) is 116 cm³/mol. The summed E-state index contributed by atoms with van der Waals surface area (Å²) in [5.41, 5.74) is 3.34. The van der Waals surface area contributed by atoms with Gasteiger partial charge in [-0.1, -0.05) is 25.1 Å². The van der Waals surface area contributed by atoms with Crippen LogP contribution in [0, 0.1) is 5.92 Å². The molecule has 0 saturated carbocycles. The largest absolute Gasteiger partial charge is 0.372 e. The fourth-order valence-corrected chi connectivity index (χ4v) is 4.03. The van der Waals surface area contributed by atoms with Gasteiger partial charge in [0.15, 0.2) is 0 Å². The number of anilines is 3. The molecule has 0 aliphatic carbocycles. The third-order valence-corrected chi connectivity index (χ3v) is 5.96. The Labute approximate surface area is 167 Å². The Balaban J connectivity index is 1.28. The molecule has 2 aliphatic heterocycles. The molecule has 5 heteroatoms. The molecule has 2 aromatic carbocycles. The topological polar surface area (TPSA) is 38.8 Å². The van der Waals surface area contributed by atoms with Crippen LogP contribution in [0.4, 0.5) is 21.9 Å². The van der Waals surface area contributed by atoms with Crippen LogP contribution in [-0.4, -0.2) is 50.2 Å². The van der Waals surface area contributed by atoms with E-state index in [2.05, 4.69) is 58.4 Å². The van der Waals surface area contributed by atoms with Crippen molar-refractivity contribution in [2.75, 3.05) is 54.4 Å². The second-order valence-corrected chi connectivity index (χ2v) is 7.96. The van der Waals surface area contributed by atoms with Crippen molar-refractivity contribution in [2.24, 2.45) is 5.92 Å². The van der Waals surface area contributed by atoms with Crippen LogP contribution in [0.1, 0.15) is 19.8 Å². The lowest BCUT2D eigenvalue weighted by Crippen LogP contribution is -2.50. The quantitative estimate of drug-likeness (QED) is 0.867. The van der Waals surface area contributed by atoms with Crippen molar-refractivity contribution in [3.05, 3.63) is 54.6 Å². The summed E-state index contributed by atoms with van der Waals surface area (Å²) in [4.78, 5) is 19.3. The highest BCUT2D eigenvalue weighted by Gasteiger charge is 2.21. The van der Waals surface area contributed by atoms with Gasteiger partial charge in [-0.25, -0.2) is 4.79 Å². The molecular formula is C23H30N4O. The van der Waals surface area contributed by atoms with E-state index in [1.54, 1.807) is 0 Å². The molecule has 4 rings (SSSR count). The predicted octanol–water partition coefficient (Wildman–Crippen LogP) is 4.28. The van der Waals surface area contributed by atoms with E-state index in [-0.39, 0.29) is 6.03 Å². The maximum absolute atomic E-state index is 12.6. The van der Waals surface area contributed by atoms with Gasteiger partial charge in [-0.15, -0.1) is 0 Å². The third-order valence-electron chi connectivity index (χ3n) is 5.96. The lowest BCUT2D eigenvalue weighted by Gasteiger charge is -2.36. The fourth-order valence-electron chi connectivity index (χ4n) is 4.03. The number of benzene rings is 2. The molecule has 2 fully saturated rings. The Bertz CT molecular complexity index is 761. The van der Waals surface area contributed by atoms with Crippen LogP contribution in [0.25, 0.3) is 0 Å². The maximum atomic E-state index is 12.6. The van der Waals surface area contributed by atoms with Crippen LogP contribution in [-0.2, 0) is 0 Å². The molecule has 0 unspecified atom stereocenters. The van der Waals surface area contributed by atoms with Gasteiger partial charge in [0.05, 0.1) is 0 Å². The monoisotopic (exact) mass is 378 g/mol. The number of rotatable bonds is 3. The smallest absolute Gasteiger partial charge is 0.321 e. The molecule has 2 aliphatic rings. The number of hydrogen-bond donors (Lipinski definition) is 1. The number of nitrogens with one attached hydrogen (secondary N) is 1. The lowest BCUT2D eigenvalue weighted by atomic mass is 9.99. The standard InChI is InChI=1S/C23H30N4O/c1-19-11-13-25(14-12-19)22-9-7-20(8-10-22)24-23(28)27-17-15-26(16-18-27)21-5-3-2-4-6-21/h2-10,19H,11-18H2,1H3,(H,24,28). The molecule has 1 N–H and O–H groups in total. The average molecular weight is 379 g/mol. The highest BCUT2D eigenvalue weighted by molar-refractivity contribution is 5.89. The SMILES string of the molecule is CC1CCN(c2ccc(NC(=O)N3CCN(c4ccccc4)CC3)cc2)CC1. The van der Waals surface area contributed by atoms with Crippen molar-refractivity contribution in [1.82, 2.24) is 4.90 Å². The number of nitrogens with zero attached hydrogens (tertiary/aromatic N) is 3. The van der Waals surface area contributed by atoms with E-state index in [1.807, 2.05) is 23.1 Å². The molecule has 2 amide bonds. The Hall–Kier alpha value is -2.69.